The number of hydrogen-bond donors (Lipinski definition) is 1. The predicted octanol–water partition coefficient (Wildman–Crippen LogP) is 1.44. The van der Waals surface area contributed by atoms with Gasteiger partial charge in [-0.15, -0.1) is 0 Å². The van der Waals surface area contributed by atoms with Crippen LogP contribution >= 0.6 is 0 Å². The third-order valence-electron chi connectivity index (χ3n) is 2.93. The van der Waals surface area contributed by atoms with Gasteiger partial charge in [-0.25, -0.2) is 4.98 Å². The van der Waals surface area contributed by atoms with Crippen LogP contribution in [0.4, 0.5) is 0 Å². The van der Waals surface area contributed by atoms with E-state index in [0.717, 1.165) is 18.5 Å². The second kappa shape index (κ2) is 4.14. The largest absolute Gasteiger partial charge is 0.474 e. The summed E-state index contributed by atoms with van der Waals surface area (Å²) in [6.45, 7) is 2.44. The normalized spacial score (nSPS) is 19.1. The van der Waals surface area contributed by atoms with Crippen LogP contribution in [0, 0.1) is 6.92 Å². The lowest BCUT2D eigenvalue weighted by atomic mass is 10.0. The smallest absolute Gasteiger partial charge is 0.235 e. The average Bonchev–Trinajstić information content (AvgIpc) is 2.65. The van der Waals surface area contributed by atoms with Gasteiger partial charge in [0.25, 0.3) is 0 Å². The molecule has 1 aliphatic carbocycles. The molecule has 4 nitrogen and oxygen atoms in total. The Kier molecular flexibility index (Phi) is 2.86. The van der Waals surface area contributed by atoms with Crippen molar-refractivity contribution in [3.63, 3.8) is 0 Å². The monoisotopic (exact) mass is 207 g/mol. The summed E-state index contributed by atoms with van der Waals surface area (Å²) in [4.78, 5) is 8.25. The van der Waals surface area contributed by atoms with E-state index in [2.05, 4.69) is 9.97 Å². The summed E-state index contributed by atoms with van der Waals surface area (Å²) in [5.74, 6) is 0.606. The van der Waals surface area contributed by atoms with Gasteiger partial charge >= 0.3 is 0 Å². The maximum Gasteiger partial charge on any atom is 0.235 e. The zero-order chi connectivity index (χ0) is 10.7. The Balaban J connectivity index is 1.95. The summed E-state index contributed by atoms with van der Waals surface area (Å²) < 4.78 is 5.63. The van der Waals surface area contributed by atoms with Gasteiger partial charge < -0.3 is 10.5 Å². The fourth-order valence-electron chi connectivity index (χ4n) is 1.97. The summed E-state index contributed by atoms with van der Waals surface area (Å²) >= 11 is 0. The number of nitrogens with zero attached hydrogens (tertiary/aromatic N) is 2. The Morgan fingerprint density at radius 1 is 1.33 bits per heavy atom. The molecule has 0 saturated heterocycles. The number of aryl methyl sites for hydroxylation is 1. The van der Waals surface area contributed by atoms with Crippen LogP contribution in [0.15, 0.2) is 12.4 Å². The summed E-state index contributed by atoms with van der Waals surface area (Å²) in [5.41, 5.74) is 6.85. The lowest BCUT2D eigenvalue weighted by Crippen LogP contribution is -2.42. The van der Waals surface area contributed by atoms with Gasteiger partial charge in [0, 0.05) is 12.4 Å². The molecule has 4 heteroatoms. The van der Waals surface area contributed by atoms with Gasteiger partial charge in [0.2, 0.25) is 5.88 Å². The molecule has 1 saturated carbocycles. The van der Waals surface area contributed by atoms with Crippen molar-refractivity contribution in [3.8, 4) is 5.88 Å². The number of nitrogens with two attached hydrogens (primary N) is 1. The molecule has 1 aliphatic rings. The van der Waals surface area contributed by atoms with Crippen LogP contribution in [0.5, 0.6) is 5.88 Å². The molecule has 0 aromatic carbocycles. The van der Waals surface area contributed by atoms with Gasteiger partial charge in [-0.3, -0.25) is 4.98 Å². The van der Waals surface area contributed by atoms with E-state index in [1.165, 1.54) is 12.8 Å². The van der Waals surface area contributed by atoms with Crippen LogP contribution in [0.25, 0.3) is 0 Å². The third kappa shape index (κ3) is 2.45. The van der Waals surface area contributed by atoms with Crippen molar-refractivity contribution in [2.24, 2.45) is 5.73 Å². The quantitative estimate of drug-likeness (QED) is 0.814. The second-order valence-electron chi connectivity index (χ2n) is 4.31. The highest BCUT2D eigenvalue weighted by Gasteiger charge is 2.30. The minimum atomic E-state index is -0.149. The standard InChI is InChI=1S/C11H17N3O/c1-9-10(14-7-6-13-9)15-8-11(12)4-2-3-5-11/h6-7H,2-5,8,12H2,1H3. The molecule has 1 aromatic heterocycles. The first-order chi connectivity index (χ1) is 7.20. The molecule has 0 aliphatic heterocycles. The molecule has 0 radical (unpaired) electrons. The molecule has 0 atom stereocenters. The van der Waals surface area contributed by atoms with E-state index in [0.29, 0.717) is 12.5 Å². The van der Waals surface area contributed by atoms with E-state index in [1.54, 1.807) is 12.4 Å². The number of aromatic nitrogens is 2. The lowest BCUT2D eigenvalue weighted by molar-refractivity contribution is 0.211. The van der Waals surface area contributed by atoms with E-state index in [4.69, 9.17) is 10.5 Å². The van der Waals surface area contributed by atoms with Crippen LogP contribution < -0.4 is 10.5 Å². The van der Waals surface area contributed by atoms with Gasteiger partial charge in [-0.1, -0.05) is 12.8 Å². The molecule has 0 amide bonds. The summed E-state index contributed by atoms with van der Waals surface area (Å²) in [6, 6.07) is 0. The van der Waals surface area contributed by atoms with Gasteiger partial charge in [-0.2, -0.15) is 0 Å². The van der Waals surface area contributed by atoms with E-state index >= 15 is 0 Å². The molecule has 82 valence electrons. The summed E-state index contributed by atoms with van der Waals surface area (Å²) in [7, 11) is 0. The maximum atomic E-state index is 6.18. The van der Waals surface area contributed by atoms with Crippen molar-refractivity contribution in [3.05, 3.63) is 18.1 Å². The lowest BCUT2D eigenvalue weighted by Gasteiger charge is -2.23. The zero-order valence-corrected chi connectivity index (χ0v) is 9.07. The fraction of sp³-hybridized carbons (Fsp3) is 0.636. The third-order valence-corrected chi connectivity index (χ3v) is 2.93. The molecular weight excluding hydrogens is 190 g/mol. The molecule has 0 bridgehead atoms. The van der Waals surface area contributed by atoms with Crippen molar-refractivity contribution in [2.75, 3.05) is 6.61 Å². The number of ether oxygens (including phenoxy) is 1. The van der Waals surface area contributed by atoms with Gasteiger partial charge in [-0.05, 0) is 19.8 Å². The highest BCUT2D eigenvalue weighted by molar-refractivity contribution is 5.15. The van der Waals surface area contributed by atoms with Gasteiger partial charge in [0.1, 0.15) is 6.61 Å². The van der Waals surface area contributed by atoms with Crippen LogP contribution in [-0.2, 0) is 0 Å². The summed E-state index contributed by atoms with van der Waals surface area (Å²) in [6.07, 6.45) is 7.81. The Bertz CT molecular complexity index is 334. The van der Waals surface area contributed by atoms with E-state index in [9.17, 15) is 0 Å². The van der Waals surface area contributed by atoms with E-state index < -0.39 is 0 Å². The van der Waals surface area contributed by atoms with Crippen molar-refractivity contribution < 1.29 is 4.74 Å². The van der Waals surface area contributed by atoms with Crippen molar-refractivity contribution in [2.45, 2.75) is 38.1 Å². The van der Waals surface area contributed by atoms with Crippen LogP contribution in [0.2, 0.25) is 0 Å². The Morgan fingerprint density at radius 3 is 2.67 bits per heavy atom. The van der Waals surface area contributed by atoms with Crippen LogP contribution in [0.3, 0.4) is 0 Å². The highest BCUT2D eigenvalue weighted by atomic mass is 16.5. The maximum absolute atomic E-state index is 6.18. The van der Waals surface area contributed by atoms with E-state index in [1.807, 2.05) is 6.92 Å². The van der Waals surface area contributed by atoms with Crippen molar-refractivity contribution >= 4 is 0 Å². The SMILES string of the molecule is Cc1nccnc1OCC1(N)CCCC1. The van der Waals surface area contributed by atoms with Crippen molar-refractivity contribution in [1.82, 2.24) is 9.97 Å². The van der Waals surface area contributed by atoms with Gasteiger partial charge in [0.05, 0.1) is 11.2 Å². The molecule has 1 fully saturated rings. The van der Waals surface area contributed by atoms with Crippen LogP contribution in [-0.4, -0.2) is 22.1 Å². The molecule has 0 unspecified atom stereocenters. The summed E-state index contributed by atoms with van der Waals surface area (Å²) in [5, 5.41) is 0. The Morgan fingerprint density at radius 2 is 2.00 bits per heavy atom. The molecule has 2 rings (SSSR count). The number of hydrogen-bond acceptors (Lipinski definition) is 4. The average molecular weight is 207 g/mol. The molecule has 2 N–H and O–H groups in total. The molecule has 15 heavy (non-hydrogen) atoms. The van der Waals surface area contributed by atoms with Gasteiger partial charge in [0.15, 0.2) is 0 Å². The first-order valence-electron chi connectivity index (χ1n) is 5.39. The minimum Gasteiger partial charge on any atom is -0.474 e. The Labute approximate surface area is 89.9 Å². The van der Waals surface area contributed by atoms with Crippen LogP contribution in [0.1, 0.15) is 31.4 Å². The molecule has 1 aromatic rings. The number of rotatable bonds is 3. The zero-order valence-electron chi connectivity index (χ0n) is 9.07. The Hall–Kier alpha value is -1.16. The first kappa shape index (κ1) is 10.4. The highest BCUT2D eigenvalue weighted by Crippen LogP contribution is 2.27. The molecule has 1 heterocycles. The minimum absolute atomic E-state index is 0.149. The first-order valence-corrected chi connectivity index (χ1v) is 5.39. The molecule has 0 spiro atoms. The van der Waals surface area contributed by atoms with E-state index in [-0.39, 0.29) is 5.54 Å². The second-order valence-corrected chi connectivity index (χ2v) is 4.31. The molecular formula is C11H17N3O. The predicted molar refractivity (Wildman–Crippen MR) is 57.7 cm³/mol. The topological polar surface area (TPSA) is 61.0 Å². The van der Waals surface area contributed by atoms with Crippen molar-refractivity contribution in [1.29, 1.82) is 0 Å². The fourth-order valence-corrected chi connectivity index (χ4v) is 1.97.